The van der Waals surface area contributed by atoms with Crippen molar-refractivity contribution in [3.8, 4) is 0 Å². The van der Waals surface area contributed by atoms with Crippen LogP contribution in [0.1, 0.15) is 53.7 Å². The first-order valence-corrected chi connectivity index (χ1v) is 10.8. The molecule has 5 nitrogen and oxygen atoms in total. The van der Waals surface area contributed by atoms with Crippen molar-refractivity contribution >= 4 is 28.8 Å². The van der Waals surface area contributed by atoms with Gasteiger partial charge in [0, 0.05) is 36.5 Å². The van der Waals surface area contributed by atoms with Gasteiger partial charge in [-0.15, -0.1) is 11.3 Å². The Hall–Kier alpha value is -2.21. The highest BCUT2D eigenvalue weighted by Gasteiger charge is 2.34. The molecule has 0 radical (unpaired) electrons. The molecule has 28 heavy (non-hydrogen) atoms. The number of aromatic nitrogens is 1. The van der Waals surface area contributed by atoms with Gasteiger partial charge in [0.15, 0.2) is 0 Å². The third-order valence-corrected chi connectivity index (χ3v) is 6.44. The number of amides is 2. The van der Waals surface area contributed by atoms with Crippen LogP contribution < -0.4 is 10.2 Å². The number of hydrogen-bond donors (Lipinski definition) is 1. The Morgan fingerprint density at radius 2 is 2.00 bits per heavy atom. The number of nitrogens with zero attached hydrogens (tertiary/aromatic N) is 2. The van der Waals surface area contributed by atoms with Gasteiger partial charge in [0.2, 0.25) is 11.8 Å². The molecule has 0 bridgehead atoms. The quantitative estimate of drug-likeness (QED) is 0.716. The number of carbonyl (C=O) groups is 2. The molecule has 2 aromatic rings. The molecule has 3 rings (SSSR count). The second-order valence-electron chi connectivity index (χ2n) is 7.80. The first kappa shape index (κ1) is 20.5. The molecule has 6 heteroatoms. The van der Waals surface area contributed by atoms with E-state index in [2.05, 4.69) is 43.2 Å². The van der Waals surface area contributed by atoms with Crippen LogP contribution in [0.5, 0.6) is 0 Å². The minimum absolute atomic E-state index is 0.0196. The van der Waals surface area contributed by atoms with Gasteiger partial charge in [-0.3, -0.25) is 9.59 Å². The third kappa shape index (κ3) is 4.79. The van der Waals surface area contributed by atoms with E-state index < -0.39 is 0 Å². The minimum Gasteiger partial charge on any atom is -0.356 e. The van der Waals surface area contributed by atoms with Gasteiger partial charge in [-0.2, -0.15) is 0 Å². The molecule has 1 fully saturated rings. The van der Waals surface area contributed by atoms with E-state index in [9.17, 15) is 9.59 Å². The summed E-state index contributed by atoms with van der Waals surface area (Å²) in [5.41, 5.74) is 3.21. The summed E-state index contributed by atoms with van der Waals surface area (Å²) in [6, 6.07) is 8.07. The van der Waals surface area contributed by atoms with Crippen molar-refractivity contribution < 1.29 is 9.59 Å². The molecule has 1 unspecified atom stereocenters. The highest BCUT2D eigenvalue weighted by molar-refractivity contribution is 7.11. The van der Waals surface area contributed by atoms with Crippen LogP contribution >= 0.6 is 11.3 Å². The Bertz CT molecular complexity index is 822. The van der Waals surface area contributed by atoms with E-state index in [1.807, 2.05) is 19.1 Å². The Morgan fingerprint density at radius 3 is 2.61 bits per heavy atom. The summed E-state index contributed by atoms with van der Waals surface area (Å²) in [6.45, 7) is 9.47. The molecular formula is C22H29N3O2S. The van der Waals surface area contributed by atoms with E-state index in [1.165, 1.54) is 10.4 Å². The van der Waals surface area contributed by atoms with E-state index >= 15 is 0 Å². The van der Waals surface area contributed by atoms with E-state index in [4.69, 9.17) is 0 Å². The summed E-state index contributed by atoms with van der Waals surface area (Å²) in [6.07, 6.45) is 2.01. The summed E-state index contributed by atoms with van der Waals surface area (Å²) >= 11 is 1.72. The molecule has 1 aliphatic heterocycles. The van der Waals surface area contributed by atoms with Crippen LogP contribution in [0.2, 0.25) is 0 Å². The fourth-order valence-electron chi connectivity index (χ4n) is 3.41. The van der Waals surface area contributed by atoms with Gasteiger partial charge in [0.25, 0.3) is 0 Å². The SMILES string of the molecule is Cc1nc(CCCNC(=O)C2CC(=O)N(c3ccc(C(C)C)cc3)C2)sc1C. The highest BCUT2D eigenvalue weighted by atomic mass is 32.1. The predicted octanol–water partition coefficient (Wildman–Crippen LogP) is 3.99. The lowest BCUT2D eigenvalue weighted by Crippen LogP contribution is -2.33. The Labute approximate surface area is 171 Å². The zero-order chi connectivity index (χ0) is 20.3. The van der Waals surface area contributed by atoms with Crippen molar-refractivity contribution in [2.75, 3.05) is 18.0 Å². The molecule has 0 aliphatic carbocycles. The molecule has 0 spiro atoms. The average molecular weight is 400 g/mol. The Balaban J connectivity index is 1.48. The van der Waals surface area contributed by atoms with E-state index in [1.54, 1.807) is 16.2 Å². The number of aryl methyl sites for hydroxylation is 3. The number of anilines is 1. The number of thiazole rings is 1. The average Bonchev–Trinajstić information content (AvgIpc) is 3.21. The Morgan fingerprint density at radius 1 is 1.29 bits per heavy atom. The van der Waals surface area contributed by atoms with E-state index in [0.29, 0.717) is 19.0 Å². The van der Waals surface area contributed by atoms with Crippen LogP contribution in [-0.4, -0.2) is 29.9 Å². The van der Waals surface area contributed by atoms with Crippen molar-refractivity contribution in [1.29, 1.82) is 0 Å². The number of carbonyl (C=O) groups excluding carboxylic acids is 2. The van der Waals surface area contributed by atoms with Crippen molar-refractivity contribution in [2.24, 2.45) is 5.92 Å². The molecule has 1 N–H and O–H groups in total. The lowest BCUT2D eigenvalue weighted by Gasteiger charge is -2.17. The lowest BCUT2D eigenvalue weighted by molar-refractivity contribution is -0.126. The predicted molar refractivity (Wildman–Crippen MR) is 114 cm³/mol. The largest absolute Gasteiger partial charge is 0.356 e. The fourth-order valence-corrected chi connectivity index (χ4v) is 4.39. The molecule has 1 aromatic heterocycles. The van der Waals surface area contributed by atoms with Crippen molar-refractivity contribution in [1.82, 2.24) is 10.3 Å². The lowest BCUT2D eigenvalue weighted by atomic mass is 10.0. The van der Waals surface area contributed by atoms with Gasteiger partial charge in [0.1, 0.15) is 0 Å². The normalized spacial score (nSPS) is 16.8. The zero-order valence-corrected chi connectivity index (χ0v) is 17.9. The number of rotatable bonds is 7. The van der Waals surface area contributed by atoms with Crippen LogP contribution in [0.25, 0.3) is 0 Å². The first-order valence-electron chi connectivity index (χ1n) is 9.96. The number of nitrogens with one attached hydrogen (secondary N) is 1. The van der Waals surface area contributed by atoms with Crippen LogP contribution in [0, 0.1) is 19.8 Å². The minimum atomic E-state index is -0.276. The summed E-state index contributed by atoms with van der Waals surface area (Å²) in [4.78, 5) is 32.4. The first-order chi connectivity index (χ1) is 13.3. The number of benzene rings is 1. The monoisotopic (exact) mass is 399 g/mol. The number of hydrogen-bond acceptors (Lipinski definition) is 4. The van der Waals surface area contributed by atoms with Gasteiger partial charge in [-0.05, 0) is 43.9 Å². The molecule has 1 aliphatic rings. The van der Waals surface area contributed by atoms with Gasteiger partial charge in [-0.1, -0.05) is 26.0 Å². The highest BCUT2D eigenvalue weighted by Crippen LogP contribution is 2.27. The van der Waals surface area contributed by atoms with Gasteiger partial charge in [-0.25, -0.2) is 4.98 Å². The molecule has 1 aromatic carbocycles. The van der Waals surface area contributed by atoms with Crippen molar-refractivity contribution in [3.63, 3.8) is 0 Å². The zero-order valence-electron chi connectivity index (χ0n) is 17.1. The van der Waals surface area contributed by atoms with Crippen molar-refractivity contribution in [3.05, 3.63) is 45.4 Å². The molecule has 150 valence electrons. The topological polar surface area (TPSA) is 62.3 Å². The van der Waals surface area contributed by atoms with Gasteiger partial charge < -0.3 is 10.2 Å². The Kier molecular flexibility index (Phi) is 6.50. The second kappa shape index (κ2) is 8.86. The third-order valence-electron chi connectivity index (χ3n) is 5.31. The summed E-state index contributed by atoms with van der Waals surface area (Å²) in [5.74, 6) is 0.174. The maximum atomic E-state index is 12.5. The molecular weight excluding hydrogens is 370 g/mol. The summed E-state index contributed by atoms with van der Waals surface area (Å²) in [5, 5.41) is 4.11. The van der Waals surface area contributed by atoms with E-state index in [-0.39, 0.29) is 24.2 Å². The molecule has 1 atom stereocenters. The summed E-state index contributed by atoms with van der Waals surface area (Å²) < 4.78 is 0. The fraction of sp³-hybridized carbons (Fsp3) is 0.500. The van der Waals surface area contributed by atoms with Crippen LogP contribution in [0.4, 0.5) is 5.69 Å². The molecule has 2 heterocycles. The van der Waals surface area contributed by atoms with Crippen LogP contribution in [0.15, 0.2) is 24.3 Å². The second-order valence-corrected chi connectivity index (χ2v) is 9.08. The smallest absolute Gasteiger partial charge is 0.227 e. The molecule has 2 amide bonds. The van der Waals surface area contributed by atoms with Crippen LogP contribution in [-0.2, 0) is 16.0 Å². The van der Waals surface area contributed by atoms with Crippen LogP contribution in [0.3, 0.4) is 0 Å². The molecule has 0 saturated carbocycles. The molecule has 1 saturated heterocycles. The van der Waals surface area contributed by atoms with Gasteiger partial charge in [0.05, 0.1) is 16.6 Å². The summed E-state index contributed by atoms with van der Waals surface area (Å²) in [7, 11) is 0. The van der Waals surface area contributed by atoms with Crippen molar-refractivity contribution in [2.45, 2.75) is 52.9 Å². The standard InChI is InChI=1S/C22H29N3O2S/c1-14(2)17-7-9-19(10-8-17)25-13-18(12-21(25)26)22(27)23-11-5-6-20-24-15(3)16(4)28-20/h7-10,14,18H,5-6,11-13H2,1-4H3,(H,23,27). The maximum Gasteiger partial charge on any atom is 0.227 e. The maximum absolute atomic E-state index is 12.5. The van der Waals surface area contributed by atoms with Gasteiger partial charge >= 0.3 is 0 Å². The van der Waals surface area contributed by atoms with E-state index in [0.717, 1.165) is 29.2 Å².